The van der Waals surface area contributed by atoms with Gasteiger partial charge in [0.25, 0.3) is 0 Å². The Kier molecular flexibility index (Phi) is 1.76. The van der Waals surface area contributed by atoms with E-state index in [1.54, 1.807) is 0 Å². The number of hydrogen-bond donors (Lipinski definition) is 2. The van der Waals surface area contributed by atoms with Gasteiger partial charge in [-0.05, 0) is 12.3 Å². The Morgan fingerprint density at radius 2 is 2.23 bits per heavy atom. The molecule has 0 aromatic heterocycles. The Morgan fingerprint density at radius 3 is 2.85 bits per heavy atom. The second kappa shape index (κ2) is 2.70. The predicted octanol–water partition coefficient (Wildman–Crippen LogP) is -0.617. The summed E-state index contributed by atoms with van der Waals surface area (Å²) >= 11 is 0. The third-order valence-electron chi connectivity index (χ3n) is 2.79. The number of aliphatic hydroxyl groups excluding tert-OH is 1. The van der Waals surface area contributed by atoms with E-state index in [4.69, 9.17) is 9.84 Å². The van der Waals surface area contributed by atoms with Crippen molar-refractivity contribution >= 4 is 11.9 Å². The normalized spacial score (nSPS) is 43.0. The molecule has 2 bridgehead atoms. The summed E-state index contributed by atoms with van der Waals surface area (Å²) in [5.74, 6) is -2.36. The van der Waals surface area contributed by atoms with Crippen LogP contribution in [-0.4, -0.2) is 34.4 Å². The highest BCUT2D eigenvalue weighted by Gasteiger charge is 2.52. The molecule has 0 spiro atoms. The van der Waals surface area contributed by atoms with Crippen LogP contribution in [0.5, 0.6) is 0 Å². The van der Waals surface area contributed by atoms with Crippen molar-refractivity contribution in [3.63, 3.8) is 0 Å². The lowest BCUT2D eigenvalue weighted by Gasteiger charge is -2.25. The van der Waals surface area contributed by atoms with Crippen LogP contribution in [-0.2, 0) is 14.3 Å². The van der Waals surface area contributed by atoms with Crippen molar-refractivity contribution in [2.75, 3.05) is 0 Å². The van der Waals surface area contributed by atoms with E-state index < -0.39 is 30.1 Å². The molecule has 2 aliphatic rings. The number of carbonyl (C=O) groups excluding carboxylic acids is 1. The maximum atomic E-state index is 10.9. The minimum atomic E-state index is -0.999. The number of aliphatic carboxylic acids is 1. The van der Waals surface area contributed by atoms with Crippen LogP contribution in [0.3, 0.4) is 0 Å². The number of hydrogen-bond acceptors (Lipinski definition) is 4. The zero-order valence-corrected chi connectivity index (χ0v) is 6.84. The SMILES string of the molecule is O=C1CC2CC(C(=O)O)C(O1)C2O. The highest BCUT2D eigenvalue weighted by molar-refractivity contribution is 5.76. The molecule has 0 aromatic rings. The average molecular weight is 186 g/mol. The second-order valence-electron chi connectivity index (χ2n) is 3.59. The van der Waals surface area contributed by atoms with Crippen molar-refractivity contribution in [1.82, 2.24) is 0 Å². The van der Waals surface area contributed by atoms with E-state index in [-0.39, 0.29) is 12.3 Å². The lowest BCUT2D eigenvalue weighted by molar-refractivity contribution is -0.169. The molecule has 0 radical (unpaired) electrons. The number of aliphatic hydroxyl groups is 1. The third kappa shape index (κ3) is 1.19. The fraction of sp³-hybridized carbons (Fsp3) is 0.750. The first-order valence-electron chi connectivity index (χ1n) is 4.20. The molecule has 2 fully saturated rings. The van der Waals surface area contributed by atoms with Gasteiger partial charge < -0.3 is 14.9 Å². The molecular weight excluding hydrogens is 176 g/mol. The van der Waals surface area contributed by atoms with E-state index in [0.29, 0.717) is 6.42 Å². The molecule has 4 atom stereocenters. The second-order valence-corrected chi connectivity index (χ2v) is 3.59. The van der Waals surface area contributed by atoms with Crippen LogP contribution in [0.2, 0.25) is 0 Å². The van der Waals surface area contributed by atoms with E-state index in [1.165, 1.54) is 0 Å². The molecule has 1 heterocycles. The lowest BCUT2D eigenvalue weighted by Crippen LogP contribution is -2.40. The van der Waals surface area contributed by atoms with Gasteiger partial charge in [0.15, 0.2) is 0 Å². The van der Waals surface area contributed by atoms with Gasteiger partial charge in [-0.1, -0.05) is 0 Å². The first-order chi connectivity index (χ1) is 6.09. The van der Waals surface area contributed by atoms with Crippen LogP contribution in [0.15, 0.2) is 0 Å². The Bertz CT molecular complexity index is 261. The van der Waals surface area contributed by atoms with Gasteiger partial charge in [-0.15, -0.1) is 0 Å². The number of ether oxygens (including phenoxy) is 1. The Hall–Kier alpha value is -1.10. The van der Waals surface area contributed by atoms with Gasteiger partial charge in [-0.2, -0.15) is 0 Å². The standard InChI is InChI=1S/C8H10O5/c9-5-2-3-1-4(8(11)12)7(13-5)6(3)10/h3-4,6-7,10H,1-2H2,(H,11,12). The summed E-state index contributed by atoms with van der Waals surface area (Å²) in [5.41, 5.74) is 0. The van der Waals surface area contributed by atoms with Gasteiger partial charge in [0.2, 0.25) is 0 Å². The fourth-order valence-corrected chi connectivity index (χ4v) is 2.12. The zero-order valence-electron chi connectivity index (χ0n) is 6.84. The van der Waals surface area contributed by atoms with Gasteiger partial charge in [0.05, 0.1) is 18.4 Å². The van der Waals surface area contributed by atoms with Gasteiger partial charge >= 0.3 is 11.9 Å². The molecule has 72 valence electrons. The molecule has 0 amide bonds. The summed E-state index contributed by atoms with van der Waals surface area (Å²) in [5, 5.41) is 18.3. The number of esters is 1. The Labute approximate surface area is 74.3 Å². The minimum Gasteiger partial charge on any atom is -0.481 e. The van der Waals surface area contributed by atoms with Crippen molar-refractivity contribution in [3.8, 4) is 0 Å². The molecule has 0 aromatic carbocycles. The number of carbonyl (C=O) groups is 2. The molecule has 5 nitrogen and oxygen atoms in total. The molecule has 4 unspecified atom stereocenters. The summed E-state index contributed by atoms with van der Waals surface area (Å²) in [6.45, 7) is 0. The average Bonchev–Trinajstić information content (AvgIpc) is 2.29. The summed E-state index contributed by atoms with van der Waals surface area (Å²) in [7, 11) is 0. The third-order valence-corrected chi connectivity index (χ3v) is 2.79. The van der Waals surface area contributed by atoms with Crippen molar-refractivity contribution in [1.29, 1.82) is 0 Å². The molecule has 2 N–H and O–H groups in total. The topological polar surface area (TPSA) is 83.8 Å². The van der Waals surface area contributed by atoms with Crippen molar-refractivity contribution in [3.05, 3.63) is 0 Å². The van der Waals surface area contributed by atoms with E-state index >= 15 is 0 Å². The number of fused-ring (bicyclic) bond motifs is 2. The molecule has 5 heteroatoms. The quantitative estimate of drug-likeness (QED) is 0.533. The van der Waals surface area contributed by atoms with Gasteiger partial charge in [-0.25, -0.2) is 0 Å². The van der Waals surface area contributed by atoms with Gasteiger partial charge in [0, 0.05) is 0 Å². The molecule has 1 saturated heterocycles. The van der Waals surface area contributed by atoms with Crippen LogP contribution in [0.4, 0.5) is 0 Å². The largest absolute Gasteiger partial charge is 0.481 e. The molecule has 1 aliphatic carbocycles. The minimum absolute atomic E-state index is 0.140. The molecule has 13 heavy (non-hydrogen) atoms. The highest BCUT2D eigenvalue weighted by atomic mass is 16.6. The molecule has 2 rings (SSSR count). The molecule has 1 saturated carbocycles. The van der Waals surface area contributed by atoms with Crippen molar-refractivity contribution in [2.24, 2.45) is 11.8 Å². The Morgan fingerprint density at radius 1 is 1.54 bits per heavy atom. The number of rotatable bonds is 1. The first-order valence-corrected chi connectivity index (χ1v) is 4.20. The number of carboxylic acids is 1. The van der Waals surface area contributed by atoms with Gasteiger partial charge in [-0.3, -0.25) is 9.59 Å². The first kappa shape index (κ1) is 8.50. The van der Waals surface area contributed by atoms with E-state index in [1.807, 2.05) is 0 Å². The summed E-state index contributed by atoms with van der Waals surface area (Å²) < 4.78 is 4.79. The van der Waals surface area contributed by atoms with E-state index in [9.17, 15) is 14.7 Å². The van der Waals surface area contributed by atoms with E-state index in [0.717, 1.165) is 0 Å². The summed E-state index contributed by atoms with van der Waals surface area (Å²) in [4.78, 5) is 21.6. The zero-order chi connectivity index (χ0) is 9.59. The predicted molar refractivity (Wildman–Crippen MR) is 39.7 cm³/mol. The fourth-order valence-electron chi connectivity index (χ4n) is 2.12. The van der Waals surface area contributed by atoms with Crippen molar-refractivity contribution in [2.45, 2.75) is 25.0 Å². The number of carboxylic acid groups (broad SMARTS) is 1. The van der Waals surface area contributed by atoms with Crippen molar-refractivity contribution < 1.29 is 24.5 Å². The van der Waals surface area contributed by atoms with Crippen LogP contribution in [0, 0.1) is 11.8 Å². The Balaban J connectivity index is 2.21. The lowest BCUT2D eigenvalue weighted by atomic mass is 10.00. The summed E-state index contributed by atoms with van der Waals surface area (Å²) in [6.07, 6.45) is -1.14. The van der Waals surface area contributed by atoms with Crippen LogP contribution in [0.25, 0.3) is 0 Å². The van der Waals surface area contributed by atoms with Crippen LogP contribution >= 0.6 is 0 Å². The van der Waals surface area contributed by atoms with Crippen LogP contribution in [0.1, 0.15) is 12.8 Å². The maximum absolute atomic E-state index is 10.9. The van der Waals surface area contributed by atoms with Gasteiger partial charge in [0.1, 0.15) is 6.10 Å². The highest BCUT2D eigenvalue weighted by Crippen LogP contribution is 2.40. The monoisotopic (exact) mass is 186 g/mol. The maximum Gasteiger partial charge on any atom is 0.310 e. The van der Waals surface area contributed by atoms with E-state index in [2.05, 4.69) is 0 Å². The van der Waals surface area contributed by atoms with Crippen LogP contribution < -0.4 is 0 Å². The smallest absolute Gasteiger partial charge is 0.310 e. The molecular formula is C8H10O5. The summed E-state index contributed by atoms with van der Waals surface area (Å²) in [6, 6.07) is 0. The molecule has 1 aliphatic heterocycles.